The minimum absolute atomic E-state index is 0.177. The van der Waals surface area contributed by atoms with Gasteiger partial charge in [-0.15, -0.1) is 0 Å². The number of nitrogens with one attached hydrogen (secondary N) is 1. The van der Waals surface area contributed by atoms with Gasteiger partial charge in [-0.2, -0.15) is 0 Å². The molecule has 3 rings (SSSR count). The van der Waals surface area contributed by atoms with E-state index in [9.17, 15) is 18.4 Å². The summed E-state index contributed by atoms with van der Waals surface area (Å²) in [7, 11) is 0. The fourth-order valence-electron chi connectivity index (χ4n) is 2.60. The highest BCUT2D eigenvalue weighted by molar-refractivity contribution is 5.89. The normalized spacial score (nSPS) is 15.7. The predicted octanol–water partition coefficient (Wildman–Crippen LogP) is 2.62. The molecular formula is C20H20F2N2O5. The summed E-state index contributed by atoms with van der Waals surface area (Å²) in [5.41, 5.74) is 1.59. The minimum atomic E-state index is -1.26. The van der Waals surface area contributed by atoms with Gasteiger partial charge in [0.1, 0.15) is 11.6 Å². The second kappa shape index (κ2) is 11.0. The number of carboxylic acid groups (broad SMARTS) is 2. The number of benzene rings is 1. The number of carbonyl (C=O) groups is 2. The highest BCUT2D eigenvalue weighted by Gasteiger charge is 2.17. The molecule has 0 spiro atoms. The van der Waals surface area contributed by atoms with Crippen molar-refractivity contribution in [3.05, 3.63) is 65.9 Å². The standard InChI is InChI=1S/C16H16F2N2O.C4H4O4/c17-12-3-4-14(15(18)8-12)16-11(2-1-6-20-16)10-21-13-5-7-19-9-13;5-3(6)1-2-4(7)8/h1-4,6,8,13,19H,5,7,9-10H2;1-2H,(H,5,6)(H,7,8)/b;2-1+/t13-;/m0./s1. The molecule has 1 aliphatic heterocycles. The zero-order valence-corrected chi connectivity index (χ0v) is 15.3. The molecule has 9 heteroatoms. The van der Waals surface area contributed by atoms with E-state index in [0.29, 0.717) is 30.0 Å². The molecule has 0 unspecified atom stereocenters. The highest BCUT2D eigenvalue weighted by atomic mass is 19.1. The number of aromatic nitrogens is 1. The molecule has 29 heavy (non-hydrogen) atoms. The van der Waals surface area contributed by atoms with E-state index in [2.05, 4.69) is 10.3 Å². The summed E-state index contributed by atoms with van der Waals surface area (Å²) in [4.78, 5) is 23.3. The molecule has 1 aliphatic rings. The lowest BCUT2D eigenvalue weighted by Gasteiger charge is -2.13. The van der Waals surface area contributed by atoms with Crippen molar-refractivity contribution in [2.24, 2.45) is 0 Å². The molecular weight excluding hydrogens is 386 g/mol. The van der Waals surface area contributed by atoms with Gasteiger partial charge in [-0.05, 0) is 31.2 Å². The second-order valence-corrected chi connectivity index (χ2v) is 6.07. The molecule has 1 saturated heterocycles. The first-order valence-corrected chi connectivity index (χ1v) is 8.72. The lowest BCUT2D eigenvalue weighted by Crippen LogP contribution is -2.16. The van der Waals surface area contributed by atoms with E-state index >= 15 is 0 Å². The van der Waals surface area contributed by atoms with Gasteiger partial charge >= 0.3 is 11.9 Å². The Balaban J connectivity index is 0.000000321. The van der Waals surface area contributed by atoms with Crippen LogP contribution in [0.4, 0.5) is 8.78 Å². The van der Waals surface area contributed by atoms with Crippen molar-refractivity contribution in [2.45, 2.75) is 19.1 Å². The van der Waals surface area contributed by atoms with Gasteiger partial charge in [-0.1, -0.05) is 6.07 Å². The summed E-state index contributed by atoms with van der Waals surface area (Å²) in [6.45, 7) is 2.16. The van der Waals surface area contributed by atoms with Crippen molar-refractivity contribution < 1.29 is 33.3 Å². The van der Waals surface area contributed by atoms with Crippen molar-refractivity contribution in [1.82, 2.24) is 10.3 Å². The van der Waals surface area contributed by atoms with Crippen molar-refractivity contribution in [2.75, 3.05) is 13.1 Å². The average Bonchev–Trinajstić information content (AvgIpc) is 3.19. The number of halogens is 2. The Labute approximate surface area is 165 Å². The van der Waals surface area contributed by atoms with Gasteiger partial charge in [0.15, 0.2) is 0 Å². The fraction of sp³-hybridized carbons (Fsp3) is 0.250. The van der Waals surface area contributed by atoms with Crippen molar-refractivity contribution >= 4 is 11.9 Å². The molecule has 154 valence electrons. The molecule has 0 amide bonds. The van der Waals surface area contributed by atoms with Crippen LogP contribution in [0.15, 0.2) is 48.7 Å². The van der Waals surface area contributed by atoms with E-state index in [1.165, 1.54) is 12.1 Å². The van der Waals surface area contributed by atoms with Gasteiger partial charge in [-0.3, -0.25) is 4.98 Å². The SMILES string of the molecule is Fc1ccc(-c2ncccc2CO[C@H]2CCNC2)c(F)c1.O=C(O)/C=C/C(=O)O. The van der Waals surface area contributed by atoms with Crippen LogP contribution in [0.25, 0.3) is 11.3 Å². The fourth-order valence-corrected chi connectivity index (χ4v) is 2.60. The number of hydrogen-bond donors (Lipinski definition) is 3. The average molecular weight is 406 g/mol. The van der Waals surface area contributed by atoms with Gasteiger partial charge in [0.05, 0.1) is 18.4 Å². The zero-order chi connectivity index (χ0) is 21.2. The van der Waals surface area contributed by atoms with Crippen LogP contribution in [0.2, 0.25) is 0 Å². The molecule has 1 atom stereocenters. The van der Waals surface area contributed by atoms with Crippen LogP contribution in [0.1, 0.15) is 12.0 Å². The van der Waals surface area contributed by atoms with E-state index in [0.717, 1.165) is 31.1 Å². The molecule has 7 nitrogen and oxygen atoms in total. The number of hydrogen-bond acceptors (Lipinski definition) is 5. The molecule has 1 aromatic heterocycles. The van der Waals surface area contributed by atoms with Gasteiger partial charge < -0.3 is 20.3 Å². The van der Waals surface area contributed by atoms with Crippen LogP contribution >= 0.6 is 0 Å². The van der Waals surface area contributed by atoms with Gasteiger partial charge in [0, 0.05) is 42.1 Å². The van der Waals surface area contributed by atoms with Gasteiger partial charge in [0.2, 0.25) is 0 Å². The van der Waals surface area contributed by atoms with Crippen LogP contribution in [0.5, 0.6) is 0 Å². The topological polar surface area (TPSA) is 109 Å². The summed E-state index contributed by atoms with van der Waals surface area (Å²) in [6.07, 6.45) is 3.86. The van der Waals surface area contributed by atoms with E-state index < -0.39 is 23.6 Å². The number of aliphatic carboxylic acids is 2. The zero-order valence-electron chi connectivity index (χ0n) is 15.3. The summed E-state index contributed by atoms with van der Waals surface area (Å²) < 4.78 is 32.8. The highest BCUT2D eigenvalue weighted by Crippen LogP contribution is 2.25. The molecule has 0 radical (unpaired) electrons. The Hall–Kier alpha value is -3.17. The third-order valence-electron chi connectivity index (χ3n) is 3.94. The van der Waals surface area contributed by atoms with Crippen LogP contribution in [0.3, 0.4) is 0 Å². The third kappa shape index (κ3) is 7.40. The maximum Gasteiger partial charge on any atom is 0.328 e. The number of carboxylic acids is 2. The first-order chi connectivity index (χ1) is 13.9. The summed E-state index contributed by atoms with van der Waals surface area (Å²) in [5, 5.41) is 18.9. The van der Waals surface area contributed by atoms with Gasteiger partial charge in [0.25, 0.3) is 0 Å². The van der Waals surface area contributed by atoms with E-state index in [-0.39, 0.29) is 6.10 Å². The molecule has 0 bridgehead atoms. The molecule has 3 N–H and O–H groups in total. The second-order valence-electron chi connectivity index (χ2n) is 6.07. The van der Waals surface area contributed by atoms with Crippen LogP contribution in [-0.4, -0.2) is 46.3 Å². The Morgan fingerprint density at radius 2 is 1.93 bits per heavy atom. The number of ether oxygens (including phenoxy) is 1. The molecule has 0 aliphatic carbocycles. The first-order valence-electron chi connectivity index (χ1n) is 8.72. The largest absolute Gasteiger partial charge is 0.478 e. The summed E-state index contributed by atoms with van der Waals surface area (Å²) in [5.74, 6) is -3.72. The van der Waals surface area contributed by atoms with Crippen LogP contribution in [-0.2, 0) is 20.9 Å². The smallest absolute Gasteiger partial charge is 0.328 e. The number of nitrogens with zero attached hydrogens (tertiary/aromatic N) is 1. The monoisotopic (exact) mass is 406 g/mol. The minimum Gasteiger partial charge on any atom is -0.478 e. The maximum absolute atomic E-state index is 13.9. The maximum atomic E-state index is 13.9. The first kappa shape index (κ1) is 22.1. The molecule has 2 aromatic rings. The Morgan fingerprint density at radius 3 is 2.52 bits per heavy atom. The van der Waals surface area contributed by atoms with Gasteiger partial charge in [-0.25, -0.2) is 18.4 Å². The number of rotatable bonds is 6. The van der Waals surface area contributed by atoms with Crippen LogP contribution in [0, 0.1) is 11.6 Å². The lowest BCUT2D eigenvalue weighted by atomic mass is 10.1. The van der Waals surface area contributed by atoms with Crippen molar-refractivity contribution in [3.8, 4) is 11.3 Å². The molecule has 0 saturated carbocycles. The number of pyridine rings is 1. The van der Waals surface area contributed by atoms with E-state index in [1.807, 2.05) is 6.07 Å². The quantitative estimate of drug-likeness (QED) is 0.633. The Kier molecular flexibility index (Phi) is 8.38. The molecule has 1 fully saturated rings. The van der Waals surface area contributed by atoms with Crippen molar-refractivity contribution in [1.29, 1.82) is 0 Å². The van der Waals surface area contributed by atoms with Crippen molar-refractivity contribution in [3.63, 3.8) is 0 Å². The van der Waals surface area contributed by atoms with E-state index in [1.54, 1.807) is 12.3 Å². The van der Waals surface area contributed by atoms with E-state index in [4.69, 9.17) is 14.9 Å². The molecule has 2 heterocycles. The molecule has 1 aromatic carbocycles. The summed E-state index contributed by atoms with van der Waals surface area (Å²) in [6, 6.07) is 7.16. The lowest BCUT2D eigenvalue weighted by molar-refractivity contribution is -0.134. The Morgan fingerprint density at radius 1 is 1.21 bits per heavy atom. The third-order valence-corrected chi connectivity index (χ3v) is 3.94. The Bertz CT molecular complexity index is 867. The predicted molar refractivity (Wildman–Crippen MR) is 100 cm³/mol. The summed E-state index contributed by atoms with van der Waals surface area (Å²) >= 11 is 0. The van der Waals surface area contributed by atoms with Crippen LogP contribution < -0.4 is 5.32 Å².